The largest absolute Gasteiger partial charge is 0.494 e. The Bertz CT molecular complexity index is 855. The van der Waals surface area contributed by atoms with Crippen molar-refractivity contribution in [3.8, 4) is 5.75 Å². The van der Waals surface area contributed by atoms with Gasteiger partial charge in [-0.2, -0.15) is 5.10 Å². The molecule has 7 heteroatoms. The molecule has 0 spiro atoms. The number of benzene rings is 1. The molecule has 0 radical (unpaired) electrons. The van der Waals surface area contributed by atoms with E-state index >= 15 is 0 Å². The number of hydrogen-bond acceptors (Lipinski definition) is 6. The van der Waals surface area contributed by atoms with Gasteiger partial charge in [0.2, 0.25) is 0 Å². The van der Waals surface area contributed by atoms with Gasteiger partial charge in [0, 0.05) is 19.0 Å². The number of ether oxygens (including phenoxy) is 2. The van der Waals surface area contributed by atoms with E-state index in [1.54, 1.807) is 18.4 Å². The predicted octanol–water partition coefficient (Wildman–Crippen LogP) is 2.72. The molecule has 1 aliphatic rings. The summed E-state index contributed by atoms with van der Waals surface area (Å²) in [6.45, 7) is 2.09. The molecule has 0 saturated carbocycles. The molecular formula is C16H18N4O2S. The molecule has 3 heterocycles. The van der Waals surface area contributed by atoms with Crippen LogP contribution in [0.1, 0.15) is 17.0 Å². The van der Waals surface area contributed by atoms with Gasteiger partial charge >= 0.3 is 0 Å². The fourth-order valence-electron chi connectivity index (χ4n) is 2.92. The highest BCUT2D eigenvalue weighted by Gasteiger charge is 2.19. The standard InChI is InChI=1S/C16H18N4O2S/c1-20-12(10-9-22-7-6-11(10)19-20)8-17-16-18-15-13(21-2)4-3-5-14(15)23-16/h3-5H,6-9H2,1-2H3,(H,17,18). The van der Waals surface area contributed by atoms with Crippen molar-refractivity contribution in [1.82, 2.24) is 14.8 Å². The number of hydrogen-bond donors (Lipinski definition) is 1. The van der Waals surface area contributed by atoms with Crippen LogP contribution in [0.15, 0.2) is 18.2 Å². The third-order valence-corrected chi connectivity index (χ3v) is 5.07. The van der Waals surface area contributed by atoms with Gasteiger partial charge in [-0.05, 0) is 12.1 Å². The van der Waals surface area contributed by atoms with E-state index in [4.69, 9.17) is 9.47 Å². The van der Waals surface area contributed by atoms with Crippen molar-refractivity contribution in [3.63, 3.8) is 0 Å². The van der Waals surface area contributed by atoms with Crippen LogP contribution in [-0.4, -0.2) is 28.5 Å². The smallest absolute Gasteiger partial charge is 0.184 e. The topological polar surface area (TPSA) is 61.2 Å². The Morgan fingerprint density at radius 3 is 3.22 bits per heavy atom. The van der Waals surface area contributed by atoms with E-state index in [0.29, 0.717) is 13.2 Å². The molecule has 3 aromatic rings. The molecule has 0 aliphatic carbocycles. The van der Waals surface area contributed by atoms with E-state index < -0.39 is 0 Å². The molecule has 4 rings (SSSR count). The Labute approximate surface area is 138 Å². The number of methoxy groups -OCH3 is 1. The molecule has 2 aromatic heterocycles. The van der Waals surface area contributed by atoms with Crippen molar-refractivity contribution in [2.24, 2.45) is 7.05 Å². The monoisotopic (exact) mass is 330 g/mol. The zero-order valence-corrected chi connectivity index (χ0v) is 13.9. The van der Waals surface area contributed by atoms with Gasteiger partial charge in [0.25, 0.3) is 0 Å². The molecule has 1 N–H and O–H groups in total. The minimum absolute atomic E-state index is 0.647. The summed E-state index contributed by atoms with van der Waals surface area (Å²) in [5.41, 5.74) is 4.43. The van der Waals surface area contributed by atoms with Crippen LogP contribution in [0.2, 0.25) is 0 Å². The second-order valence-corrected chi connectivity index (χ2v) is 6.51. The number of aromatic nitrogens is 3. The van der Waals surface area contributed by atoms with Crippen LogP contribution < -0.4 is 10.1 Å². The highest BCUT2D eigenvalue weighted by atomic mass is 32.1. The quantitative estimate of drug-likeness (QED) is 0.797. The summed E-state index contributed by atoms with van der Waals surface area (Å²) in [6.07, 6.45) is 0.890. The molecule has 0 fully saturated rings. The van der Waals surface area contributed by atoms with Crippen LogP contribution in [0.25, 0.3) is 10.2 Å². The maximum Gasteiger partial charge on any atom is 0.184 e. The number of nitrogens with zero attached hydrogens (tertiary/aromatic N) is 3. The number of aryl methyl sites for hydroxylation is 1. The van der Waals surface area contributed by atoms with Crippen LogP contribution in [0.5, 0.6) is 5.75 Å². The summed E-state index contributed by atoms with van der Waals surface area (Å²) >= 11 is 1.63. The molecular weight excluding hydrogens is 312 g/mol. The third kappa shape index (κ3) is 2.55. The highest BCUT2D eigenvalue weighted by molar-refractivity contribution is 7.22. The van der Waals surface area contributed by atoms with E-state index in [1.165, 1.54) is 5.56 Å². The van der Waals surface area contributed by atoms with E-state index in [9.17, 15) is 0 Å². The highest BCUT2D eigenvalue weighted by Crippen LogP contribution is 2.32. The summed E-state index contributed by atoms with van der Waals surface area (Å²) in [5, 5.41) is 8.89. The number of thiazole rings is 1. The molecule has 0 atom stereocenters. The normalized spacial score (nSPS) is 14.0. The maximum absolute atomic E-state index is 5.57. The van der Waals surface area contributed by atoms with Crippen molar-refractivity contribution in [2.45, 2.75) is 19.6 Å². The molecule has 23 heavy (non-hydrogen) atoms. The SMILES string of the molecule is COc1cccc2sc(NCc3c4c(nn3C)CCOC4)nc12. The number of nitrogens with one attached hydrogen (secondary N) is 1. The zero-order chi connectivity index (χ0) is 15.8. The molecule has 0 saturated heterocycles. The summed E-state index contributed by atoms with van der Waals surface area (Å²) in [5.74, 6) is 0.804. The van der Waals surface area contributed by atoms with Crippen molar-refractivity contribution >= 4 is 26.7 Å². The second-order valence-electron chi connectivity index (χ2n) is 5.48. The Balaban J connectivity index is 1.59. The van der Waals surface area contributed by atoms with Gasteiger partial charge in [0.1, 0.15) is 11.3 Å². The Kier molecular flexibility index (Phi) is 3.66. The van der Waals surface area contributed by atoms with Gasteiger partial charge in [-0.25, -0.2) is 4.98 Å². The van der Waals surface area contributed by atoms with Crippen LogP contribution in [0.3, 0.4) is 0 Å². The Morgan fingerprint density at radius 1 is 1.43 bits per heavy atom. The molecule has 0 unspecified atom stereocenters. The summed E-state index contributed by atoms with van der Waals surface area (Å²) < 4.78 is 14.0. The van der Waals surface area contributed by atoms with Gasteiger partial charge < -0.3 is 14.8 Å². The van der Waals surface area contributed by atoms with Gasteiger partial charge in [-0.15, -0.1) is 0 Å². The average Bonchev–Trinajstić information content (AvgIpc) is 3.12. The summed E-state index contributed by atoms with van der Waals surface area (Å²) in [6, 6.07) is 5.97. The summed E-state index contributed by atoms with van der Waals surface area (Å²) in [7, 11) is 3.65. The van der Waals surface area contributed by atoms with Gasteiger partial charge in [0.15, 0.2) is 5.13 Å². The molecule has 120 valence electrons. The minimum Gasteiger partial charge on any atom is -0.494 e. The fourth-order valence-corrected chi connectivity index (χ4v) is 3.80. The Morgan fingerprint density at radius 2 is 2.35 bits per heavy atom. The first kappa shape index (κ1) is 14.5. The minimum atomic E-state index is 0.647. The van der Waals surface area contributed by atoms with Gasteiger partial charge in [0.05, 0.1) is 43.0 Å². The van der Waals surface area contributed by atoms with Crippen LogP contribution in [0, 0.1) is 0 Å². The molecule has 1 aliphatic heterocycles. The average molecular weight is 330 g/mol. The second kappa shape index (κ2) is 5.82. The van der Waals surface area contributed by atoms with Crippen LogP contribution >= 0.6 is 11.3 Å². The van der Waals surface area contributed by atoms with E-state index in [0.717, 1.165) is 45.5 Å². The molecule has 0 amide bonds. The van der Waals surface area contributed by atoms with E-state index in [1.807, 2.05) is 23.9 Å². The molecule has 6 nitrogen and oxygen atoms in total. The summed E-state index contributed by atoms with van der Waals surface area (Å²) in [4.78, 5) is 4.65. The predicted molar refractivity (Wildman–Crippen MR) is 90.1 cm³/mol. The maximum atomic E-state index is 5.57. The van der Waals surface area contributed by atoms with Crippen molar-refractivity contribution in [1.29, 1.82) is 0 Å². The van der Waals surface area contributed by atoms with Crippen molar-refractivity contribution < 1.29 is 9.47 Å². The lowest BCUT2D eigenvalue weighted by atomic mass is 10.1. The van der Waals surface area contributed by atoms with Gasteiger partial charge in [-0.1, -0.05) is 17.4 Å². The lowest BCUT2D eigenvalue weighted by molar-refractivity contribution is 0.109. The van der Waals surface area contributed by atoms with Crippen LogP contribution in [0.4, 0.5) is 5.13 Å². The van der Waals surface area contributed by atoms with Gasteiger partial charge in [-0.3, -0.25) is 4.68 Å². The number of anilines is 1. The number of fused-ring (bicyclic) bond motifs is 2. The van der Waals surface area contributed by atoms with Crippen LogP contribution in [-0.2, 0) is 31.4 Å². The third-order valence-electron chi connectivity index (χ3n) is 4.10. The first-order valence-corrected chi connectivity index (χ1v) is 8.36. The lowest BCUT2D eigenvalue weighted by Crippen LogP contribution is -2.11. The first-order chi connectivity index (χ1) is 11.3. The van der Waals surface area contributed by atoms with E-state index in [-0.39, 0.29) is 0 Å². The zero-order valence-electron chi connectivity index (χ0n) is 13.1. The fraction of sp³-hybridized carbons (Fsp3) is 0.375. The molecule has 0 bridgehead atoms. The number of para-hydroxylation sites is 1. The Hall–Kier alpha value is -2.12. The van der Waals surface area contributed by atoms with Crippen molar-refractivity contribution in [3.05, 3.63) is 35.2 Å². The van der Waals surface area contributed by atoms with Crippen molar-refractivity contribution in [2.75, 3.05) is 19.0 Å². The lowest BCUT2D eigenvalue weighted by Gasteiger charge is -2.12. The first-order valence-electron chi connectivity index (χ1n) is 7.55. The number of rotatable bonds is 4. The van der Waals surface area contributed by atoms with E-state index in [2.05, 4.69) is 21.5 Å². The molecule has 1 aromatic carbocycles.